The Morgan fingerprint density at radius 2 is 2.40 bits per heavy atom. The van der Waals surface area contributed by atoms with Crippen LogP contribution in [-0.2, 0) is 0 Å². The minimum Gasteiger partial charge on any atom is -0.428 e. The van der Waals surface area contributed by atoms with E-state index < -0.39 is 0 Å². The first-order valence-corrected chi connectivity index (χ1v) is 3.64. The first kappa shape index (κ1) is 5.61. The smallest absolute Gasteiger partial charge is 0.0994 e. The second kappa shape index (κ2) is 1.67. The predicted molar refractivity (Wildman–Crippen MR) is 41.4 cm³/mol. The Morgan fingerprint density at radius 1 is 1.60 bits per heavy atom. The quantitative estimate of drug-likeness (QED) is 0.565. The lowest BCUT2D eigenvalue weighted by atomic mass is 10.5. The van der Waals surface area contributed by atoms with Gasteiger partial charge in [0.05, 0.1) is 15.2 Å². The van der Waals surface area contributed by atoms with E-state index in [9.17, 15) is 0 Å². The van der Waals surface area contributed by atoms with E-state index in [1.165, 1.54) is 11.3 Å². The SMILES string of the molecule is Nc1cc2c(ccn2O)s1. The molecule has 4 heteroatoms. The van der Waals surface area contributed by atoms with Gasteiger partial charge in [0, 0.05) is 12.3 Å². The van der Waals surface area contributed by atoms with Crippen molar-refractivity contribution in [2.75, 3.05) is 5.73 Å². The molecule has 2 rings (SSSR count). The van der Waals surface area contributed by atoms with Crippen LogP contribution in [0, 0.1) is 0 Å². The summed E-state index contributed by atoms with van der Waals surface area (Å²) < 4.78 is 2.09. The minimum atomic E-state index is 0.730. The topological polar surface area (TPSA) is 51.2 Å². The summed E-state index contributed by atoms with van der Waals surface area (Å²) >= 11 is 1.47. The molecule has 0 saturated heterocycles. The van der Waals surface area contributed by atoms with Crippen molar-refractivity contribution in [3.63, 3.8) is 0 Å². The number of nitrogens with zero attached hydrogens (tertiary/aromatic N) is 1. The van der Waals surface area contributed by atoms with Gasteiger partial charge >= 0.3 is 0 Å². The van der Waals surface area contributed by atoms with Gasteiger partial charge in [-0.2, -0.15) is 4.73 Å². The molecular formula is C6H6N2OS. The highest BCUT2D eigenvalue weighted by Crippen LogP contribution is 2.27. The number of aromatic nitrogens is 1. The van der Waals surface area contributed by atoms with Gasteiger partial charge in [-0.25, -0.2) is 0 Å². The molecule has 2 heterocycles. The Labute approximate surface area is 61.3 Å². The van der Waals surface area contributed by atoms with Gasteiger partial charge in [-0.05, 0) is 6.07 Å². The van der Waals surface area contributed by atoms with Crippen molar-refractivity contribution in [3.05, 3.63) is 18.3 Å². The summed E-state index contributed by atoms with van der Waals surface area (Å²) in [6.45, 7) is 0. The zero-order valence-electron chi connectivity index (χ0n) is 5.11. The fourth-order valence-electron chi connectivity index (χ4n) is 0.932. The second-order valence-electron chi connectivity index (χ2n) is 2.06. The summed E-state index contributed by atoms with van der Waals surface area (Å²) in [5, 5.41) is 9.82. The molecule has 0 aliphatic rings. The van der Waals surface area contributed by atoms with Crippen LogP contribution in [0.3, 0.4) is 0 Å². The van der Waals surface area contributed by atoms with Gasteiger partial charge in [0.2, 0.25) is 0 Å². The number of nitrogens with two attached hydrogens (primary N) is 1. The molecule has 3 nitrogen and oxygen atoms in total. The van der Waals surface area contributed by atoms with Gasteiger partial charge in [0.1, 0.15) is 0 Å². The molecule has 10 heavy (non-hydrogen) atoms. The molecule has 0 aliphatic carbocycles. The van der Waals surface area contributed by atoms with Crippen molar-refractivity contribution in [1.82, 2.24) is 4.73 Å². The predicted octanol–water partition coefficient (Wildman–Crippen LogP) is 1.52. The van der Waals surface area contributed by atoms with Gasteiger partial charge in [-0.3, -0.25) is 0 Å². The second-order valence-corrected chi connectivity index (χ2v) is 3.17. The van der Waals surface area contributed by atoms with Crippen molar-refractivity contribution in [1.29, 1.82) is 0 Å². The summed E-state index contributed by atoms with van der Waals surface area (Å²) in [5.41, 5.74) is 6.28. The molecule has 0 bridgehead atoms. The number of hydrogen-bond donors (Lipinski definition) is 2. The normalized spacial score (nSPS) is 10.8. The van der Waals surface area contributed by atoms with E-state index in [4.69, 9.17) is 10.9 Å². The molecule has 0 aliphatic heterocycles. The van der Waals surface area contributed by atoms with Crippen LogP contribution < -0.4 is 5.73 Å². The van der Waals surface area contributed by atoms with Crippen LogP contribution in [-0.4, -0.2) is 9.94 Å². The first-order valence-electron chi connectivity index (χ1n) is 2.83. The maximum atomic E-state index is 9.09. The lowest BCUT2D eigenvalue weighted by Crippen LogP contribution is -1.83. The average molecular weight is 154 g/mol. The van der Waals surface area contributed by atoms with E-state index in [-0.39, 0.29) is 0 Å². The molecule has 2 aromatic heterocycles. The Bertz CT molecular complexity index is 363. The molecule has 52 valence electrons. The van der Waals surface area contributed by atoms with E-state index in [1.54, 1.807) is 12.3 Å². The molecule has 0 fully saturated rings. The molecule has 0 saturated carbocycles. The van der Waals surface area contributed by atoms with E-state index in [1.807, 2.05) is 6.07 Å². The molecule has 0 radical (unpaired) electrons. The number of hydrogen-bond acceptors (Lipinski definition) is 3. The van der Waals surface area contributed by atoms with Crippen LogP contribution in [0.4, 0.5) is 5.00 Å². The molecule has 0 atom stereocenters. The molecule has 3 N–H and O–H groups in total. The van der Waals surface area contributed by atoms with E-state index in [2.05, 4.69) is 0 Å². The Hall–Kier alpha value is -1.16. The van der Waals surface area contributed by atoms with Gasteiger partial charge in [-0.15, -0.1) is 11.3 Å². The third-order valence-corrected chi connectivity index (χ3v) is 2.29. The van der Waals surface area contributed by atoms with Crippen molar-refractivity contribution >= 4 is 26.6 Å². The summed E-state index contributed by atoms with van der Waals surface area (Å²) in [7, 11) is 0. The Kier molecular flexibility index (Phi) is 0.935. The molecule has 0 unspecified atom stereocenters. The van der Waals surface area contributed by atoms with Crippen molar-refractivity contribution in [2.24, 2.45) is 0 Å². The monoisotopic (exact) mass is 154 g/mol. The first-order chi connectivity index (χ1) is 4.77. The lowest BCUT2D eigenvalue weighted by molar-refractivity contribution is 0.200. The number of thiophene rings is 1. The molecular weight excluding hydrogens is 148 g/mol. The van der Waals surface area contributed by atoms with Gasteiger partial charge in [-0.1, -0.05) is 0 Å². The number of anilines is 1. The number of rotatable bonds is 0. The maximum absolute atomic E-state index is 9.09. The number of fused-ring (bicyclic) bond motifs is 1. The molecule has 0 aromatic carbocycles. The number of nitrogen functional groups attached to an aromatic ring is 1. The molecule has 0 spiro atoms. The third kappa shape index (κ3) is 0.593. The highest BCUT2D eigenvalue weighted by molar-refractivity contribution is 7.22. The maximum Gasteiger partial charge on any atom is 0.0994 e. The van der Waals surface area contributed by atoms with Crippen molar-refractivity contribution in [2.45, 2.75) is 0 Å². The standard InChI is InChI=1S/C6H6N2OS/c7-6-3-4-5(10-6)1-2-8(4)9/h1-3,9H,7H2. The van der Waals surface area contributed by atoms with Crippen LogP contribution in [0.1, 0.15) is 0 Å². The molecule has 0 amide bonds. The highest BCUT2D eigenvalue weighted by atomic mass is 32.1. The zero-order valence-corrected chi connectivity index (χ0v) is 5.93. The van der Waals surface area contributed by atoms with Crippen LogP contribution >= 0.6 is 11.3 Å². The molecule has 2 aromatic rings. The lowest BCUT2D eigenvalue weighted by Gasteiger charge is -1.86. The summed E-state index contributed by atoms with van der Waals surface area (Å²) in [6, 6.07) is 3.58. The zero-order chi connectivity index (χ0) is 7.14. The van der Waals surface area contributed by atoms with E-state index in [0.29, 0.717) is 0 Å². The highest BCUT2D eigenvalue weighted by Gasteiger charge is 2.01. The summed E-state index contributed by atoms with van der Waals surface area (Å²) in [5.74, 6) is 0. The fraction of sp³-hybridized carbons (Fsp3) is 0. The van der Waals surface area contributed by atoms with Gasteiger partial charge in [0.15, 0.2) is 0 Å². The van der Waals surface area contributed by atoms with E-state index in [0.717, 1.165) is 19.9 Å². The summed E-state index contributed by atoms with van der Waals surface area (Å²) in [4.78, 5) is 0. The fourth-order valence-corrected chi connectivity index (χ4v) is 1.74. The van der Waals surface area contributed by atoms with Crippen LogP contribution in [0.15, 0.2) is 18.3 Å². The van der Waals surface area contributed by atoms with Crippen molar-refractivity contribution < 1.29 is 5.21 Å². The third-order valence-electron chi connectivity index (χ3n) is 1.37. The van der Waals surface area contributed by atoms with Crippen molar-refractivity contribution in [3.8, 4) is 0 Å². The van der Waals surface area contributed by atoms with Crippen LogP contribution in [0.25, 0.3) is 10.2 Å². The Morgan fingerprint density at radius 3 is 3.10 bits per heavy atom. The van der Waals surface area contributed by atoms with Crippen LogP contribution in [0.5, 0.6) is 0 Å². The minimum absolute atomic E-state index is 0.730. The van der Waals surface area contributed by atoms with Gasteiger partial charge in [0.25, 0.3) is 0 Å². The average Bonchev–Trinajstić information content (AvgIpc) is 2.35. The van der Waals surface area contributed by atoms with Gasteiger partial charge < -0.3 is 10.9 Å². The largest absolute Gasteiger partial charge is 0.428 e. The van der Waals surface area contributed by atoms with Crippen LogP contribution in [0.2, 0.25) is 0 Å². The Balaban J connectivity index is 2.90. The van der Waals surface area contributed by atoms with E-state index >= 15 is 0 Å². The summed E-state index contributed by atoms with van der Waals surface area (Å²) in [6.07, 6.45) is 1.60.